The number of nitrogens with two attached hydrogens (primary N) is 1. The molecule has 0 spiro atoms. The monoisotopic (exact) mass is 780 g/mol. The highest BCUT2D eigenvalue weighted by atomic mass is 32.2. The van der Waals surface area contributed by atoms with Gasteiger partial charge in [0, 0.05) is 19.5 Å². The molecule has 0 aromatic heterocycles. The van der Waals surface area contributed by atoms with Crippen LogP contribution in [0.2, 0.25) is 0 Å². The van der Waals surface area contributed by atoms with Crippen molar-refractivity contribution in [3.63, 3.8) is 0 Å². The number of fused-ring (bicyclic) bond motifs is 7. The minimum absolute atomic E-state index is 0.0220. The molecule has 10 heteroatoms. The first-order valence-corrected chi connectivity index (χ1v) is 22.6. The molecule has 1 aromatic carbocycles. The lowest BCUT2D eigenvalue weighted by Gasteiger charge is -2.72. The molecule has 4 saturated carbocycles. The zero-order valence-corrected chi connectivity index (χ0v) is 35.2. The number of rotatable bonds is 6. The standard InChI is InChI=1S/C34H49NO2.C8H13NO5S.C3H6/c1-30(2)24(22-8-10-23(11-9-22)29(36)37)14-17-31(3)27(30)15-18-33(5)28(31)13-12-25-26-7-6-16-34(26,21-35)20-19-32(25,33)4;10-7(1-2-8(11)12)9-3-5-15(13,14)6-4-9;1-3-2/h8-11,14,25-28H,6-7,12-13,15-21,35H2,1-5H3,(H,36,37);1-6H2,(H,11,12);3H,1H2,2H3/t25?,26?,27?,28?,31?,32-,33?,34?;;/m1../s1. The maximum atomic E-state index is 11.4. The van der Waals surface area contributed by atoms with Crippen LogP contribution in [-0.4, -0.2) is 72.5 Å². The number of benzene rings is 1. The molecular weight excluding hydrogens is 713 g/mol. The van der Waals surface area contributed by atoms with Crippen LogP contribution in [0.15, 0.2) is 43.0 Å². The molecule has 55 heavy (non-hydrogen) atoms. The highest BCUT2D eigenvalue weighted by molar-refractivity contribution is 7.91. The lowest BCUT2D eigenvalue weighted by molar-refractivity contribution is -0.221. The van der Waals surface area contributed by atoms with E-state index < -0.39 is 21.8 Å². The highest BCUT2D eigenvalue weighted by Gasteiger charge is 2.69. The Bertz CT molecular complexity index is 1740. The molecular formula is C45H68N2O7S. The molecule has 1 amide bonds. The molecule has 1 aliphatic heterocycles. The van der Waals surface area contributed by atoms with Gasteiger partial charge in [-0.15, -0.1) is 6.58 Å². The fraction of sp³-hybridized carbons (Fsp3) is 0.711. The van der Waals surface area contributed by atoms with Gasteiger partial charge in [-0.05, 0) is 145 Å². The number of carboxylic acids is 2. The summed E-state index contributed by atoms with van der Waals surface area (Å²) in [6.07, 6.45) is 17.5. The van der Waals surface area contributed by atoms with Crippen LogP contribution < -0.4 is 5.73 Å². The van der Waals surface area contributed by atoms with Gasteiger partial charge in [0.05, 0.1) is 23.5 Å². The molecule has 306 valence electrons. The lowest BCUT2D eigenvalue weighted by Crippen LogP contribution is -2.65. The molecule has 0 radical (unpaired) electrons. The minimum atomic E-state index is -2.99. The van der Waals surface area contributed by atoms with Gasteiger partial charge in [0.25, 0.3) is 0 Å². The van der Waals surface area contributed by atoms with Gasteiger partial charge in [0.2, 0.25) is 5.91 Å². The van der Waals surface area contributed by atoms with Gasteiger partial charge >= 0.3 is 11.9 Å². The van der Waals surface area contributed by atoms with E-state index in [0.717, 1.165) is 30.7 Å². The number of aromatic carboxylic acids is 1. The normalized spacial score (nSPS) is 36.7. The van der Waals surface area contributed by atoms with Gasteiger partial charge in [-0.25, -0.2) is 13.2 Å². The van der Waals surface area contributed by atoms with Crippen LogP contribution in [0.5, 0.6) is 0 Å². The summed E-state index contributed by atoms with van der Waals surface area (Å²) in [5.41, 5.74) is 11.1. The molecule has 7 rings (SSSR count). The molecule has 0 bridgehead atoms. The van der Waals surface area contributed by atoms with E-state index in [1.807, 2.05) is 19.1 Å². The smallest absolute Gasteiger partial charge is 0.335 e. The van der Waals surface area contributed by atoms with Gasteiger partial charge in [-0.3, -0.25) is 9.59 Å². The number of carbonyl (C=O) groups is 3. The van der Waals surface area contributed by atoms with E-state index in [0.29, 0.717) is 33.1 Å². The third kappa shape index (κ3) is 7.84. The van der Waals surface area contributed by atoms with Crippen LogP contribution in [0.1, 0.15) is 135 Å². The second-order valence-corrected chi connectivity index (χ2v) is 21.3. The second kappa shape index (κ2) is 16.1. The Balaban J connectivity index is 0.000000270. The summed E-state index contributed by atoms with van der Waals surface area (Å²) in [7, 11) is -2.99. The van der Waals surface area contributed by atoms with Crippen LogP contribution in [0.25, 0.3) is 5.57 Å². The highest BCUT2D eigenvalue weighted by Crippen LogP contribution is 2.77. The molecule has 8 atom stereocenters. The minimum Gasteiger partial charge on any atom is -0.481 e. The Morgan fingerprint density at radius 2 is 1.49 bits per heavy atom. The lowest BCUT2D eigenvalue weighted by atomic mass is 9.32. The SMILES string of the molecule is C=CC.CC1(C)C(c2ccc(C(=O)O)cc2)=CCC2(C)C1CCC1(C)C2CCC2C3CCCC3(CN)CC[C@]21C.O=C(O)CCC(=O)N1CCS(=O)(=O)CC1. The van der Waals surface area contributed by atoms with Crippen molar-refractivity contribution in [2.45, 2.75) is 119 Å². The molecule has 9 nitrogen and oxygen atoms in total. The zero-order chi connectivity index (χ0) is 40.6. The van der Waals surface area contributed by atoms with Gasteiger partial charge in [-0.2, -0.15) is 0 Å². The number of nitrogens with zero attached hydrogens (tertiary/aromatic N) is 1. The van der Waals surface area contributed by atoms with Crippen LogP contribution in [0.3, 0.4) is 0 Å². The Kier molecular flexibility index (Phi) is 12.6. The number of carboxylic acid groups (broad SMARTS) is 2. The molecule has 4 N–H and O–H groups in total. The Labute approximate surface area is 330 Å². The van der Waals surface area contributed by atoms with Crippen molar-refractivity contribution in [3.05, 3.63) is 54.1 Å². The third-order valence-electron chi connectivity index (χ3n) is 16.2. The average molecular weight is 781 g/mol. The van der Waals surface area contributed by atoms with Crippen molar-refractivity contribution in [1.29, 1.82) is 0 Å². The fourth-order valence-electron chi connectivity index (χ4n) is 13.3. The number of hydrogen-bond donors (Lipinski definition) is 3. The molecule has 1 heterocycles. The number of amides is 1. The van der Waals surface area contributed by atoms with Crippen molar-refractivity contribution in [2.24, 2.45) is 56.5 Å². The summed E-state index contributed by atoms with van der Waals surface area (Å²) in [6, 6.07) is 7.62. The van der Waals surface area contributed by atoms with E-state index in [9.17, 15) is 27.9 Å². The van der Waals surface area contributed by atoms with E-state index in [1.165, 1.54) is 73.8 Å². The van der Waals surface area contributed by atoms with E-state index in [1.54, 1.807) is 18.2 Å². The fourth-order valence-corrected chi connectivity index (χ4v) is 14.5. The van der Waals surface area contributed by atoms with Crippen molar-refractivity contribution in [2.75, 3.05) is 31.1 Å². The van der Waals surface area contributed by atoms with E-state index in [4.69, 9.17) is 10.8 Å². The summed E-state index contributed by atoms with van der Waals surface area (Å²) in [4.78, 5) is 34.4. The molecule has 5 fully saturated rings. The molecule has 5 aliphatic carbocycles. The first kappa shape index (κ1) is 43.1. The van der Waals surface area contributed by atoms with Gasteiger partial charge in [0.1, 0.15) is 0 Å². The van der Waals surface area contributed by atoms with Gasteiger partial charge < -0.3 is 20.8 Å². The first-order chi connectivity index (χ1) is 25.7. The molecule has 6 aliphatic rings. The number of aliphatic carboxylic acids is 1. The van der Waals surface area contributed by atoms with Gasteiger partial charge in [0.15, 0.2) is 9.84 Å². The Hall–Kier alpha value is -2.98. The predicted octanol–water partition coefficient (Wildman–Crippen LogP) is 8.49. The topological polar surface area (TPSA) is 155 Å². The van der Waals surface area contributed by atoms with Crippen molar-refractivity contribution in [3.8, 4) is 0 Å². The van der Waals surface area contributed by atoms with Crippen LogP contribution in [0.4, 0.5) is 0 Å². The van der Waals surface area contributed by atoms with Crippen molar-refractivity contribution < 1.29 is 33.0 Å². The maximum absolute atomic E-state index is 11.4. The van der Waals surface area contributed by atoms with Crippen LogP contribution in [0, 0.1) is 50.7 Å². The van der Waals surface area contributed by atoms with E-state index >= 15 is 0 Å². The largest absolute Gasteiger partial charge is 0.481 e. The summed E-state index contributed by atoms with van der Waals surface area (Å²) in [5.74, 6) is 0.911. The zero-order valence-electron chi connectivity index (χ0n) is 34.4. The number of sulfone groups is 1. The summed E-state index contributed by atoms with van der Waals surface area (Å²) in [5, 5.41) is 17.7. The quantitative estimate of drug-likeness (QED) is 0.243. The summed E-state index contributed by atoms with van der Waals surface area (Å²) in [6.45, 7) is 19.5. The first-order valence-electron chi connectivity index (χ1n) is 20.8. The number of hydrogen-bond acceptors (Lipinski definition) is 6. The van der Waals surface area contributed by atoms with E-state index in [-0.39, 0.29) is 48.8 Å². The van der Waals surface area contributed by atoms with Gasteiger partial charge in [-0.1, -0.05) is 65.3 Å². The van der Waals surface area contributed by atoms with Crippen molar-refractivity contribution in [1.82, 2.24) is 4.90 Å². The maximum Gasteiger partial charge on any atom is 0.335 e. The number of allylic oxidation sites excluding steroid dienone is 3. The number of carbonyl (C=O) groups excluding carboxylic acids is 1. The Morgan fingerprint density at radius 3 is 2.07 bits per heavy atom. The third-order valence-corrected chi connectivity index (χ3v) is 17.8. The average Bonchev–Trinajstić information content (AvgIpc) is 3.56. The predicted molar refractivity (Wildman–Crippen MR) is 219 cm³/mol. The summed E-state index contributed by atoms with van der Waals surface area (Å²) >= 11 is 0. The van der Waals surface area contributed by atoms with Crippen molar-refractivity contribution >= 4 is 33.3 Å². The second-order valence-electron chi connectivity index (χ2n) is 19.0. The Morgan fingerprint density at radius 1 is 0.855 bits per heavy atom. The molecule has 7 unspecified atom stereocenters. The summed E-state index contributed by atoms with van der Waals surface area (Å²) < 4.78 is 22.1. The van der Waals surface area contributed by atoms with Crippen LogP contribution >= 0.6 is 0 Å². The molecule has 1 aromatic rings. The van der Waals surface area contributed by atoms with E-state index in [2.05, 4.69) is 47.3 Å². The molecule has 1 saturated heterocycles. The van der Waals surface area contributed by atoms with Crippen LogP contribution in [-0.2, 0) is 19.4 Å².